The number of aromatic nitrogens is 4. The quantitative estimate of drug-likeness (QED) is 0.222. The van der Waals surface area contributed by atoms with E-state index in [-0.39, 0.29) is 43.3 Å². The van der Waals surface area contributed by atoms with Gasteiger partial charge in [0.05, 0.1) is 44.0 Å². The normalized spacial score (nSPS) is 14.6. The van der Waals surface area contributed by atoms with Crippen LogP contribution in [0.2, 0.25) is 0 Å². The zero-order valence-corrected chi connectivity index (χ0v) is 23.5. The molecule has 208 valence electrons. The third-order valence-electron chi connectivity index (χ3n) is 4.96. The zero-order chi connectivity index (χ0) is 27.8. The molecule has 3 atom stereocenters. The Morgan fingerprint density at radius 2 is 1.49 bits per heavy atom. The van der Waals surface area contributed by atoms with Crippen LogP contribution >= 0.6 is 7.44 Å². The number of fused-ring (bicyclic) bond motifs is 1. The molecule has 0 aliphatic carbocycles. The van der Waals surface area contributed by atoms with Gasteiger partial charge in [0.2, 0.25) is 7.44 Å². The summed E-state index contributed by atoms with van der Waals surface area (Å²) < 4.78 is 32.0. The van der Waals surface area contributed by atoms with Crippen molar-refractivity contribution in [1.29, 1.82) is 0 Å². The Kier molecular flexibility index (Phi) is 11.4. The summed E-state index contributed by atoms with van der Waals surface area (Å²) in [5.74, 6) is -0.527. The number of nitrogens with zero attached hydrogens (tertiary/aromatic N) is 4. The van der Waals surface area contributed by atoms with Gasteiger partial charge in [0.1, 0.15) is 18.2 Å². The molecule has 0 saturated carbocycles. The highest BCUT2D eigenvalue weighted by molar-refractivity contribution is 7.59. The van der Waals surface area contributed by atoms with E-state index in [9.17, 15) is 14.2 Å². The van der Waals surface area contributed by atoms with Gasteiger partial charge in [0.15, 0.2) is 11.5 Å². The fraction of sp³-hybridized carbons (Fsp3) is 0.696. The highest BCUT2D eigenvalue weighted by atomic mass is 31.2. The first-order valence-corrected chi connectivity index (χ1v) is 14.2. The number of hydrogen-bond acceptors (Lipinski definition) is 10. The molecule has 2 aromatic heterocycles. The van der Waals surface area contributed by atoms with E-state index in [2.05, 4.69) is 25.1 Å². The zero-order valence-electron chi connectivity index (χ0n) is 22.6. The van der Waals surface area contributed by atoms with Crippen molar-refractivity contribution >= 4 is 36.4 Å². The van der Waals surface area contributed by atoms with Crippen molar-refractivity contribution in [1.82, 2.24) is 29.7 Å². The van der Waals surface area contributed by atoms with E-state index >= 15 is 0 Å². The van der Waals surface area contributed by atoms with Gasteiger partial charge in [0, 0.05) is 12.1 Å². The number of nitrogens with one attached hydrogen (secondary N) is 2. The van der Waals surface area contributed by atoms with Gasteiger partial charge in [-0.1, -0.05) is 0 Å². The Bertz CT molecular complexity index is 1060. The van der Waals surface area contributed by atoms with Crippen molar-refractivity contribution < 1.29 is 28.4 Å². The van der Waals surface area contributed by atoms with Crippen LogP contribution in [0, 0.1) is 0 Å². The Morgan fingerprint density at radius 1 is 0.946 bits per heavy atom. The molecule has 13 nitrogen and oxygen atoms in total. The fourth-order valence-corrected chi connectivity index (χ4v) is 5.93. The number of anilines is 1. The van der Waals surface area contributed by atoms with Crippen molar-refractivity contribution in [3.8, 4) is 0 Å². The molecule has 14 heteroatoms. The second-order valence-corrected chi connectivity index (χ2v) is 12.0. The van der Waals surface area contributed by atoms with Gasteiger partial charge in [-0.3, -0.25) is 14.2 Å². The maximum absolute atomic E-state index is 13.9. The minimum Gasteiger partial charge on any atom is -0.463 e. The third-order valence-corrected chi connectivity index (χ3v) is 7.19. The SMILES string of the molecule is CC(C)OC(=O)C[C@@H](C)NP(=O)(CO[C@H](C)Cn1cnc2c(N)ncnc21)N[C@H](C)CC(=O)OC(C)C. The summed E-state index contributed by atoms with van der Waals surface area (Å²) in [6, 6.07) is -0.953. The van der Waals surface area contributed by atoms with Crippen molar-refractivity contribution in [3.63, 3.8) is 0 Å². The van der Waals surface area contributed by atoms with Crippen LogP contribution in [0.15, 0.2) is 12.7 Å². The molecule has 0 saturated heterocycles. The smallest absolute Gasteiger partial charge is 0.307 e. The molecule has 0 fully saturated rings. The first kappa shape index (κ1) is 30.6. The third kappa shape index (κ3) is 10.4. The number of nitrogen functional groups attached to an aromatic ring is 1. The van der Waals surface area contributed by atoms with E-state index in [4.69, 9.17) is 19.9 Å². The summed E-state index contributed by atoms with van der Waals surface area (Å²) in [6.07, 6.45) is 1.92. The Balaban J connectivity index is 2.07. The molecule has 0 aliphatic heterocycles. The lowest BCUT2D eigenvalue weighted by molar-refractivity contribution is -0.148. The number of imidazole rings is 1. The van der Waals surface area contributed by atoms with Gasteiger partial charge in [-0.05, 0) is 48.5 Å². The maximum atomic E-state index is 13.9. The van der Waals surface area contributed by atoms with Crippen LogP contribution in [0.4, 0.5) is 5.82 Å². The van der Waals surface area contributed by atoms with E-state index in [0.717, 1.165) is 0 Å². The van der Waals surface area contributed by atoms with E-state index in [0.29, 0.717) is 17.7 Å². The Hall–Kier alpha value is -2.60. The molecule has 0 amide bonds. The first-order chi connectivity index (χ1) is 17.3. The molecule has 0 aliphatic rings. The summed E-state index contributed by atoms with van der Waals surface area (Å²) >= 11 is 0. The van der Waals surface area contributed by atoms with E-state index in [1.54, 1.807) is 52.4 Å². The highest BCUT2D eigenvalue weighted by Gasteiger charge is 2.29. The molecule has 2 aromatic rings. The average molecular weight is 542 g/mol. The van der Waals surface area contributed by atoms with Gasteiger partial charge in [-0.25, -0.2) is 25.1 Å². The van der Waals surface area contributed by atoms with E-state index < -0.39 is 31.5 Å². The molecule has 0 bridgehead atoms. The topological polar surface area (TPSA) is 173 Å². The van der Waals surface area contributed by atoms with Crippen molar-refractivity contribution in [2.75, 3.05) is 12.1 Å². The van der Waals surface area contributed by atoms with Crippen molar-refractivity contribution in [2.45, 2.75) is 98.2 Å². The number of ether oxygens (including phenoxy) is 3. The van der Waals surface area contributed by atoms with Gasteiger partial charge < -0.3 is 24.5 Å². The fourth-order valence-electron chi connectivity index (χ4n) is 3.63. The van der Waals surface area contributed by atoms with Crippen LogP contribution in [0.5, 0.6) is 0 Å². The number of esters is 2. The minimum atomic E-state index is -3.42. The van der Waals surface area contributed by atoms with Crippen LogP contribution in [-0.4, -0.2) is 68.2 Å². The van der Waals surface area contributed by atoms with Gasteiger partial charge in [-0.2, -0.15) is 0 Å². The lowest BCUT2D eigenvalue weighted by Gasteiger charge is -2.28. The molecule has 4 N–H and O–H groups in total. The molecule has 37 heavy (non-hydrogen) atoms. The highest BCUT2D eigenvalue weighted by Crippen LogP contribution is 2.38. The van der Waals surface area contributed by atoms with E-state index in [1.807, 2.05) is 6.92 Å². The molecule has 0 unspecified atom stereocenters. The minimum absolute atomic E-state index is 0.0192. The Labute approximate surface area is 217 Å². The molecule has 0 aromatic carbocycles. The Morgan fingerprint density at radius 3 is 2.00 bits per heavy atom. The van der Waals surface area contributed by atoms with Gasteiger partial charge in [-0.15, -0.1) is 0 Å². The van der Waals surface area contributed by atoms with E-state index in [1.165, 1.54) is 6.33 Å². The molecule has 2 heterocycles. The molecule has 2 rings (SSSR count). The molecular formula is C23H40N7O6P. The summed E-state index contributed by atoms with van der Waals surface area (Å²) in [5.41, 5.74) is 6.91. The predicted octanol–water partition coefficient (Wildman–Crippen LogP) is 2.60. The van der Waals surface area contributed by atoms with Gasteiger partial charge in [0.25, 0.3) is 0 Å². The summed E-state index contributed by atoms with van der Waals surface area (Å²) in [6.45, 7) is 12.7. The van der Waals surface area contributed by atoms with Crippen LogP contribution in [0.3, 0.4) is 0 Å². The second-order valence-electron chi connectivity index (χ2n) is 9.72. The monoisotopic (exact) mass is 541 g/mol. The number of carbonyl (C=O) groups excluding carboxylic acids is 2. The summed E-state index contributed by atoms with van der Waals surface area (Å²) in [5, 5.41) is 6.01. The standard InChI is InChI=1S/C23H40N7O6P/c1-14(2)35-19(31)8-16(5)28-37(33,29-17(6)9-20(32)36-15(3)4)13-34-18(7)10-30-12-27-21-22(24)25-11-26-23(21)30/h11-12,14-18H,8-10,13H2,1-7H3,(H2,24,25,26)(H2,28,29,33)/t16-,17-,18-/m1/s1. The predicted molar refractivity (Wildman–Crippen MR) is 140 cm³/mol. The average Bonchev–Trinajstić information content (AvgIpc) is 3.14. The van der Waals surface area contributed by atoms with Crippen molar-refractivity contribution in [2.24, 2.45) is 0 Å². The molecule has 0 radical (unpaired) electrons. The number of nitrogens with two attached hydrogens (primary N) is 1. The number of rotatable bonds is 15. The summed E-state index contributed by atoms with van der Waals surface area (Å²) in [7, 11) is -3.42. The van der Waals surface area contributed by atoms with Crippen LogP contribution in [0.1, 0.15) is 61.3 Å². The number of hydrogen-bond donors (Lipinski definition) is 3. The summed E-state index contributed by atoms with van der Waals surface area (Å²) in [4.78, 5) is 36.6. The van der Waals surface area contributed by atoms with Crippen LogP contribution in [-0.2, 0) is 34.9 Å². The van der Waals surface area contributed by atoms with Crippen molar-refractivity contribution in [3.05, 3.63) is 12.7 Å². The van der Waals surface area contributed by atoms with Gasteiger partial charge >= 0.3 is 11.9 Å². The van der Waals surface area contributed by atoms with Crippen LogP contribution in [0.25, 0.3) is 11.2 Å². The molecular weight excluding hydrogens is 501 g/mol. The largest absolute Gasteiger partial charge is 0.463 e. The number of carbonyl (C=O) groups is 2. The van der Waals surface area contributed by atoms with Crippen LogP contribution < -0.4 is 15.9 Å². The first-order valence-electron chi connectivity index (χ1n) is 12.3. The maximum Gasteiger partial charge on any atom is 0.307 e. The lowest BCUT2D eigenvalue weighted by atomic mass is 10.2. The molecule has 0 spiro atoms. The lowest BCUT2D eigenvalue weighted by Crippen LogP contribution is -2.38. The second kappa shape index (κ2) is 13.8.